The van der Waals surface area contributed by atoms with E-state index in [1.54, 1.807) is 6.20 Å². The average Bonchev–Trinajstić information content (AvgIpc) is 3.04. The second kappa shape index (κ2) is 7.46. The highest BCUT2D eigenvalue weighted by atomic mass is 15.2. The number of pyridine rings is 1. The SMILES string of the molecule is C=C(NCc1cccnc1)c1nc(NC)cn1Cc1ccccc1. The van der Waals surface area contributed by atoms with Crippen molar-refractivity contribution in [3.05, 3.63) is 84.6 Å². The van der Waals surface area contributed by atoms with E-state index in [0.717, 1.165) is 29.4 Å². The number of aromatic nitrogens is 3. The van der Waals surface area contributed by atoms with Gasteiger partial charge >= 0.3 is 0 Å². The number of imidazole rings is 1. The lowest BCUT2D eigenvalue weighted by molar-refractivity contribution is 0.763. The Morgan fingerprint density at radius 3 is 2.62 bits per heavy atom. The lowest BCUT2D eigenvalue weighted by Crippen LogP contribution is -2.15. The molecule has 0 radical (unpaired) electrons. The third-order valence-electron chi connectivity index (χ3n) is 3.73. The molecule has 24 heavy (non-hydrogen) atoms. The summed E-state index contributed by atoms with van der Waals surface area (Å²) in [6.45, 7) is 5.56. The molecule has 3 aromatic rings. The Balaban J connectivity index is 1.76. The van der Waals surface area contributed by atoms with Gasteiger partial charge in [0, 0.05) is 38.7 Å². The van der Waals surface area contributed by atoms with Crippen LogP contribution in [0.25, 0.3) is 5.70 Å². The summed E-state index contributed by atoms with van der Waals surface area (Å²) < 4.78 is 2.10. The molecule has 2 heterocycles. The van der Waals surface area contributed by atoms with E-state index in [-0.39, 0.29) is 0 Å². The Bertz CT molecular complexity index is 793. The Morgan fingerprint density at radius 1 is 1.12 bits per heavy atom. The Hall–Kier alpha value is -3.08. The minimum absolute atomic E-state index is 0.666. The maximum Gasteiger partial charge on any atom is 0.158 e. The second-order valence-corrected chi connectivity index (χ2v) is 5.51. The zero-order valence-corrected chi connectivity index (χ0v) is 13.7. The number of anilines is 1. The van der Waals surface area contributed by atoms with Gasteiger partial charge in [0.05, 0.1) is 5.70 Å². The molecule has 0 aliphatic carbocycles. The first kappa shape index (κ1) is 15.8. The highest BCUT2D eigenvalue weighted by Gasteiger charge is 2.11. The zero-order chi connectivity index (χ0) is 16.8. The van der Waals surface area contributed by atoms with Crippen LogP contribution in [-0.4, -0.2) is 21.6 Å². The van der Waals surface area contributed by atoms with Crippen LogP contribution in [0.15, 0.2) is 67.6 Å². The molecule has 0 saturated carbocycles. The van der Waals surface area contributed by atoms with Gasteiger partial charge in [-0.2, -0.15) is 0 Å². The summed E-state index contributed by atoms with van der Waals surface area (Å²) in [4.78, 5) is 8.74. The minimum atomic E-state index is 0.666. The van der Waals surface area contributed by atoms with Crippen LogP contribution in [0.4, 0.5) is 5.82 Å². The molecule has 2 N–H and O–H groups in total. The lowest BCUT2D eigenvalue weighted by atomic mass is 10.2. The molecule has 3 rings (SSSR count). The Labute approximate surface area is 142 Å². The Kier molecular flexibility index (Phi) is 4.91. The van der Waals surface area contributed by atoms with Gasteiger partial charge in [-0.25, -0.2) is 4.98 Å². The molecular formula is C19H21N5. The second-order valence-electron chi connectivity index (χ2n) is 5.51. The summed E-state index contributed by atoms with van der Waals surface area (Å²) in [7, 11) is 1.87. The summed E-state index contributed by atoms with van der Waals surface area (Å²) in [6, 6.07) is 14.3. The van der Waals surface area contributed by atoms with Crippen LogP contribution in [0.2, 0.25) is 0 Å². The van der Waals surface area contributed by atoms with Gasteiger partial charge in [-0.3, -0.25) is 4.98 Å². The fraction of sp³-hybridized carbons (Fsp3) is 0.158. The van der Waals surface area contributed by atoms with Crippen molar-refractivity contribution in [3.63, 3.8) is 0 Å². The summed E-state index contributed by atoms with van der Waals surface area (Å²) in [5, 5.41) is 6.42. The van der Waals surface area contributed by atoms with Gasteiger partial charge in [0.25, 0.3) is 0 Å². The van der Waals surface area contributed by atoms with E-state index in [0.29, 0.717) is 6.54 Å². The van der Waals surface area contributed by atoms with E-state index < -0.39 is 0 Å². The molecule has 0 bridgehead atoms. The van der Waals surface area contributed by atoms with Crippen LogP contribution in [0.1, 0.15) is 17.0 Å². The maximum absolute atomic E-state index is 4.61. The third-order valence-corrected chi connectivity index (χ3v) is 3.73. The number of hydrogen-bond donors (Lipinski definition) is 2. The summed E-state index contributed by atoms with van der Waals surface area (Å²) in [5.74, 6) is 1.65. The summed E-state index contributed by atoms with van der Waals surface area (Å²) in [6.07, 6.45) is 5.61. The van der Waals surface area contributed by atoms with Gasteiger partial charge in [0.2, 0.25) is 0 Å². The van der Waals surface area contributed by atoms with Gasteiger partial charge in [-0.1, -0.05) is 43.0 Å². The molecule has 0 unspecified atom stereocenters. The first-order valence-electron chi connectivity index (χ1n) is 7.87. The molecule has 0 aliphatic rings. The molecule has 5 heteroatoms. The first-order valence-corrected chi connectivity index (χ1v) is 7.87. The van der Waals surface area contributed by atoms with E-state index in [2.05, 4.69) is 43.9 Å². The van der Waals surface area contributed by atoms with Crippen LogP contribution in [0, 0.1) is 0 Å². The van der Waals surface area contributed by atoms with Crippen molar-refractivity contribution in [2.75, 3.05) is 12.4 Å². The van der Waals surface area contributed by atoms with Crippen molar-refractivity contribution in [1.82, 2.24) is 19.9 Å². The van der Waals surface area contributed by atoms with Crippen LogP contribution < -0.4 is 10.6 Å². The van der Waals surface area contributed by atoms with Gasteiger partial charge in [-0.15, -0.1) is 0 Å². The van der Waals surface area contributed by atoms with Crippen LogP contribution >= 0.6 is 0 Å². The van der Waals surface area contributed by atoms with Crippen molar-refractivity contribution in [3.8, 4) is 0 Å². The first-order chi connectivity index (χ1) is 11.8. The van der Waals surface area contributed by atoms with E-state index in [1.165, 1.54) is 5.56 Å². The molecule has 1 aromatic carbocycles. The monoisotopic (exact) mass is 319 g/mol. The molecule has 122 valence electrons. The molecule has 0 spiro atoms. The number of benzene rings is 1. The highest BCUT2D eigenvalue weighted by Crippen LogP contribution is 2.16. The van der Waals surface area contributed by atoms with Crippen LogP contribution in [0.3, 0.4) is 0 Å². The average molecular weight is 319 g/mol. The van der Waals surface area contributed by atoms with Gasteiger partial charge in [-0.05, 0) is 17.2 Å². The normalized spacial score (nSPS) is 10.4. The fourth-order valence-electron chi connectivity index (χ4n) is 2.47. The summed E-state index contributed by atoms with van der Waals surface area (Å²) in [5.41, 5.74) is 3.11. The predicted molar refractivity (Wildman–Crippen MR) is 97.4 cm³/mol. The highest BCUT2D eigenvalue weighted by molar-refractivity contribution is 5.58. The van der Waals surface area contributed by atoms with Gasteiger partial charge in [0.1, 0.15) is 5.82 Å². The van der Waals surface area contributed by atoms with Gasteiger partial charge < -0.3 is 15.2 Å². The van der Waals surface area contributed by atoms with Crippen LogP contribution in [0.5, 0.6) is 0 Å². The minimum Gasteiger partial charge on any atom is -0.378 e. The molecule has 0 amide bonds. The standard InChI is InChI=1S/C19H21N5/c1-15(22-12-17-9-6-10-21-11-17)19-23-18(20-2)14-24(19)13-16-7-4-3-5-8-16/h3-11,14,20,22H,1,12-13H2,2H3. The summed E-state index contributed by atoms with van der Waals surface area (Å²) >= 11 is 0. The van der Waals surface area contributed by atoms with E-state index in [4.69, 9.17) is 0 Å². The van der Waals surface area contributed by atoms with E-state index >= 15 is 0 Å². The number of nitrogens with one attached hydrogen (secondary N) is 2. The smallest absolute Gasteiger partial charge is 0.158 e. The van der Waals surface area contributed by atoms with Crippen molar-refractivity contribution in [1.29, 1.82) is 0 Å². The molecular weight excluding hydrogens is 298 g/mol. The Morgan fingerprint density at radius 2 is 1.92 bits per heavy atom. The quantitative estimate of drug-likeness (QED) is 0.702. The third kappa shape index (κ3) is 3.81. The number of rotatable bonds is 7. The molecule has 0 saturated heterocycles. The fourth-order valence-corrected chi connectivity index (χ4v) is 2.47. The van der Waals surface area contributed by atoms with E-state index in [9.17, 15) is 0 Å². The molecule has 0 aliphatic heterocycles. The van der Waals surface area contributed by atoms with Crippen molar-refractivity contribution < 1.29 is 0 Å². The van der Waals surface area contributed by atoms with E-state index in [1.807, 2.05) is 49.8 Å². The topological polar surface area (TPSA) is 54.8 Å². The molecule has 0 fully saturated rings. The molecule has 5 nitrogen and oxygen atoms in total. The van der Waals surface area contributed by atoms with Crippen molar-refractivity contribution >= 4 is 11.5 Å². The van der Waals surface area contributed by atoms with Gasteiger partial charge in [0.15, 0.2) is 5.82 Å². The van der Waals surface area contributed by atoms with Crippen molar-refractivity contribution in [2.24, 2.45) is 0 Å². The largest absolute Gasteiger partial charge is 0.378 e. The number of hydrogen-bond acceptors (Lipinski definition) is 4. The number of nitrogens with zero attached hydrogens (tertiary/aromatic N) is 3. The predicted octanol–water partition coefficient (Wildman–Crippen LogP) is 3.13. The molecule has 2 aromatic heterocycles. The molecule has 0 atom stereocenters. The van der Waals surface area contributed by atoms with Crippen molar-refractivity contribution in [2.45, 2.75) is 13.1 Å². The lowest BCUT2D eigenvalue weighted by Gasteiger charge is -2.12. The maximum atomic E-state index is 4.61. The zero-order valence-electron chi connectivity index (χ0n) is 13.7. The van der Waals surface area contributed by atoms with Crippen LogP contribution in [-0.2, 0) is 13.1 Å².